The molecule has 0 aromatic heterocycles. The van der Waals surface area contributed by atoms with Crippen LogP contribution in [0.3, 0.4) is 0 Å². The predicted molar refractivity (Wildman–Crippen MR) is 81.9 cm³/mol. The van der Waals surface area contributed by atoms with E-state index in [2.05, 4.69) is 13.8 Å². The monoisotopic (exact) mass is 296 g/mol. The largest absolute Gasteiger partial charge is 0.398 e. The van der Waals surface area contributed by atoms with E-state index in [-0.39, 0.29) is 6.04 Å². The number of hydrogen-bond donors (Lipinski definition) is 1. The Labute approximate surface area is 122 Å². The number of benzene rings is 1. The van der Waals surface area contributed by atoms with Crippen molar-refractivity contribution < 1.29 is 8.42 Å². The molecule has 5 heteroatoms. The minimum absolute atomic E-state index is 0.0250. The highest BCUT2D eigenvalue weighted by atomic mass is 32.2. The number of piperidine rings is 1. The van der Waals surface area contributed by atoms with Gasteiger partial charge in [-0.25, -0.2) is 8.42 Å². The Morgan fingerprint density at radius 3 is 2.55 bits per heavy atom. The lowest BCUT2D eigenvalue weighted by Gasteiger charge is -2.40. The first kappa shape index (κ1) is 15.3. The molecule has 1 heterocycles. The summed E-state index contributed by atoms with van der Waals surface area (Å²) in [5.41, 5.74) is 7.02. The molecule has 112 valence electrons. The molecule has 2 N–H and O–H groups in total. The van der Waals surface area contributed by atoms with Crippen LogP contribution in [-0.2, 0) is 10.0 Å². The zero-order chi connectivity index (χ0) is 15.1. The summed E-state index contributed by atoms with van der Waals surface area (Å²) in [6.45, 7) is 8.58. The van der Waals surface area contributed by atoms with Crippen molar-refractivity contribution in [2.75, 3.05) is 12.3 Å². The summed E-state index contributed by atoms with van der Waals surface area (Å²) in [5, 5.41) is 0. The second-order valence-corrected chi connectivity index (χ2v) is 7.96. The maximum atomic E-state index is 12.9. The predicted octanol–water partition coefficient (Wildman–Crippen LogP) is 2.63. The summed E-state index contributed by atoms with van der Waals surface area (Å²) in [6.07, 6.45) is 1.07. The number of nitrogen functional groups attached to an aromatic ring is 1. The van der Waals surface area contributed by atoms with Gasteiger partial charge in [-0.2, -0.15) is 4.31 Å². The van der Waals surface area contributed by atoms with E-state index < -0.39 is 10.0 Å². The number of nitrogens with zero attached hydrogens (tertiary/aromatic N) is 1. The first-order valence-electron chi connectivity index (χ1n) is 7.12. The topological polar surface area (TPSA) is 63.4 Å². The Morgan fingerprint density at radius 1 is 1.25 bits per heavy atom. The van der Waals surface area contributed by atoms with Crippen LogP contribution in [0.4, 0.5) is 5.69 Å². The molecule has 3 atom stereocenters. The molecule has 1 saturated heterocycles. The molecule has 1 aliphatic rings. The average molecular weight is 296 g/mol. The first-order chi connectivity index (χ1) is 9.25. The van der Waals surface area contributed by atoms with Gasteiger partial charge in [0.2, 0.25) is 10.0 Å². The molecule has 0 amide bonds. The fourth-order valence-electron chi connectivity index (χ4n) is 3.02. The zero-order valence-corrected chi connectivity index (χ0v) is 13.4. The van der Waals surface area contributed by atoms with Gasteiger partial charge in [0.15, 0.2) is 0 Å². The van der Waals surface area contributed by atoms with E-state index in [4.69, 9.17) is 5.73 Å². The van der Waals surface area contributed by atoms with E-state index in [1.54, 1.807) is 29.4 Å². The lowest BCUT2D eigenvalue weighted by molar-refractivity contribution is 0.157. The highest BCUT2D eigenvalue weighted by Gasteiger charge is 2.37. The molecular formula is C15H24N2O2S. The number of sulfonamides is 1. The standard InChI is InChI=1S/C15H24N2O2S/c1-10-8-11(2)13(4)17(9-10)20(18,19)15-7-5-6-14(16)12(15)3/h5-7,10-11,13H,8-9,16H2,1-4H3. The third kappa shape index (κ3) is 2.56. The third-order valence-corrected chi connectivity index (χ3v) is 6.55. The van der Waals surface area contributed by atoms with Gasteiger partial charge in [0, 0.05) is 18.3 Å². The SMILES string of the molecule is Cc1c(N)cccc1S(=O)(=O)N1CC(C)CC(C)C1C. The van der Waals surface area contributed by atoms with Crippen molar-refractivity contribution in [3.05, 3.63) is 23.8 Å². The Bertz CT molecular complexity index is 598. The first-order valence-corrected chi connectivity index (χ1v) is 8.56. The molecule has 3 unspecified atom stereocenters. The van der Waals surface area contributed by atoms with Crippen molar-refractivity contribution in [1.29, 1.82) is 0 Å². The quantitative estimate of drug-likeness (QED) is 0.853. The van der Waals surface area contributed by atoms with Crippen LogP contribution in [0.5, 0.6) is 0 Å². The van der Waals surface area contributed by atoms with E-state index in [0.29, 0.717) is 34.5 Å². The molecule has 0 radical (unpaired) electrons. The van der Waals surface area contributed by atoms with Crippen LogP contribution in [0.1, 0.15) is 32.8 Å². The molecule has 1 aliphatic heterocycles. The summed E-state index contributed by atoms with van der Waals surface area (Å²) in [6, 6.07) is 5.12. The van der Waals surface area contributed by atoms with Gasteiger partial charge < -0.3 is 5.73 Å². The van der Waals surface area contributed by atoms with Crippen molar-refractivity contribution >= 4 is 15.7 Å². The molecule has 0 saturated carbocycles. The van der Waals surface area contributed by atoms with E-state index in [1.165, 1.54) is 0 Å². The Hall–Kier alpha value is -1.07. The number of rotatable bonds is 2. The van der Waals surface area contributed by atoms with Crippen LogP contribution in [0.15, 0.2) is 23.1 Å². The molecule has 0 spiro atoms. The number of anilines is 1. The van der Waals surface area contributed by atoms with Crippen LogP contribution in [0.2, 0.25) is 0 Å². The third-order valence-electron chi connectivity index (χ3n) is 4.46. The normalized spacial score (nSPS) is 28.5. The molecular weight excluding hydrogens is 272 g/mol. The second-order valence-electron chi connectivity index (χ2n) is 6.10. The molecule has 20 heavy (non-hydrogen) atoms. The fraction of sp³-hybridized carbons (Fsp3) is 0.600. The van der Waals surface area contributed by atoms with E-state index in [0.717, 1.165) is 6.42 Å². The molecule has 1 fully saturated rings. The van der Waals surface area contributed by atoms with Crippen molar-refractivity contribution in [1.82, 2.24) is 4.31 Å². The smallest absolute Gasteiger partial charge is 0.243 e. The number of hydrogen-bond acceptors (Lipinski definition) is 3. The second kappa shape index (κ2) is 5.37. The van der Waals surface area contributed by atoms with Gasteiger partial charge in [0.25, 0.3) is 0 Å². The summed E-state index contributed by atoms with van der Waals surface area (Å²) in [4.78, 5) is 0.339. The van der Waals surface area contributed by atoms with E-state index in [9.17, 15) is 8.42 Å². The van der Waals surface area contributed by atoms with Crippen LogP contribution in [-0.4, -0.2) is 25.3 Å². The van der Waals surface area contributed by atoms with E-state index >= 15 is 0 Å². The van der Waals surface area contributed by atoms with Crippen molar-refractivity contribution in [2.45, 2.75) is 45.1 Å². The number of nitrogens with two attached hydrogens (primary N) is 1. The molecule has 4 nitrogen and oxygen atoms in total. The zero-order valence-electron chi connectivity index (χ0n) is 12.6. The van der Waals surface area contributed by atoms with Gasteiger partial charge in [0.05, 0.1) is 4.90 Å². The molecule has 1 aromatic rings. The van der Waals surface area contributed by atoms with Crippen molar-refractivity contribution in [3.63, 3.8) is 0 Å². The summed E-state index contributed by atoms with van der Waals surface area (Å²) >= 11 is 0. The van der Waals surface area contributed by atoms with Crippen LogP contribution in [0.25, 0.3) is 0 Å². The van der Waals surface area contributed by atoms with Crippen LogP contribution < -0.4 is 5.73 Å². The maximum absolute atomic E-state index is 12.9. The fourth-order valence-corrected chi connectivity index (χ4v) is 5.12. The minimum atomic E-state index is -3.48. The van der Waals surface area contributed by atoms with Crippen LogP contribution >= 0.6 is 0 Å². The van der Waals surface area contributed by atoms with Crippen molar-refractivity contribution in [2.24, 2.45) is 11.8 Å². The highest BCUT2D eigenvalue weighted by Crippen LogP contribution is 2.33. The Kier molecular flexibility index (Phi) is 4.12. The van der Waals surface area contributed by atoms with Crippen molar-refractivity contribution in [3.8, 4) is 0 Å². The van der Waals surface area contributed by atoms with E-state index in [1.807, 2.05) is 6.92 Å². The van der Waals surface area contributed by atoms with Gasteiger partial charge in [-0.05, 0) is 49.8 Å². The Balaban J connectivity index is 2.46. The van der Waals surface area contributed by atoms with Gasteiger partial charge in [-0.1, -0.05) is 19.9 Å². The summed E-state index contributed by atoms with van der Waals surface area (Å²) in [7, 11) is -3.48. The molecule has 2 rings (SSSR count). The summed E-state index contributed by atoms with van der Waals surface area (Å²) < 4.78 is 27.5. The van der Waals surface area contributed by atoms with Gasteiger partial charge in [-0.3, -0.25) is 0 Å². The molecule has 1 aromatic carbocycles. The van der Waals surface area contributed by atoms with Gasteiger partial charge >= 0.3 is 0 Å². The van der Waals surface area contributed by atoms with Gasteiger partial charge in [-0.15, -0.1) is 0 Å². The molecule has 0 bridgehead atoms. The molecule has 0 aliphatic carbocycles. The lowest BCUT2D eigenvalue weighted by Crippen LogP contribution is -2.48. The van der Waals surface area contributed by atoms with Crippen LogP contribution in [0, 0.1) is 18.8 Å². The van der Waals surface area contributed by atoms with Gasteiger partial charge in [0.1, 0.15) is 0 Å². The Morgan fingerprint density at radius 2 is 1.90 bits per heavy atom. The minimum Gasteiger partial charge on any atom is -0.398 e. The lowest BCUT2D eigenvalue weighted by atomic mass is 9.88. The summed E-state index contributed by atoms with van der Waals surface area (Å²) in [5.74, 6) is 0.757. The maximum Gasteiger partial charge on any atom is 0.243 e. The highest BCUT2D eigenvalue weighted by molar-refractivity contribution is 7.89. The average Bonchev–Trinajstić information content (AvgIpc) is 2.36.